The SMILES string of the molecule is CC(c1ccccn1)N(C)CCc1ccccc1C(=O)O. The van der Waals surface area contributed by atoms with Crippen LogP contribution in [0.3, 0.4) is 0 Å². The van der Waals surface area contributed by atoms with Crippen molar-refractivity contribution in [3.63, 3.8) is 0 Å². The minimum absolute atomic E-state index is 0.197. The van der Waals surface area contributed by atoms with E-state index < -0.39 is 5.97 Å². The van der Waals surface area contributed by atoms with Gasteiger partial charge in [0.2, 0.25) is 0 Å². The maximum atomic E-state index is 11.2. The molecule has 1 heterocycles. The predicted molar refractivity (Wildman–Crippen MR) is 82.4 cm³/mol. The van der Waals surface area contributed by atoms with Crippen LogP contribution in [0.4, 0.5) is 0 Å². The van der Waals surface area contributed by atoms with Crippen molar-refractivity contribution in [3.8, 4) is 0 Å². The van der Waals surface area contributed by atoms with Crippen LogP contribution in [0.2, 0.25) is 0 Å². The number of carbonyl (C=O) groups is 1. The van der Waals surface area contributed by atoms with E-state index in [2.05, 4.69) is 16.8 Å². The highest BCUT2D eigenvalue weighted by Crippen LogP contribution is 2.17. The third kappa shape index (κ3) is 3.89. The number of benzene rings is 1. The van der Waals surface area contributed by atoms with Crippen LogP contribution in [0, 0.1) is 0 Å². The first kappa shape index (κ1) is 15.2. The van der Waals surface area contributed by atoms with Crippen LogP contribution in [-0.2, 0) is 6.42 Å². The van der Waals surface area contributed by atoms with Crippen molar-refractivity contribution in [1.82, 2.24) is 9.88 Å². The number of hydrogen-bond donors (Lipinski definition) is 1. The highest BCUT2D eigenvalue weighted by Gasteiger charge is 2.14. The Hall–Kier alpha value is -2.20. The predicted octanol–water partition coefficient (Wildman–Crippen LogP) is 3.02. The Morgan fingerprint density at radius 1 is 1.24 bits per heavy atom. The minimum atomic E-state index is -0.869. The van der Waals surface area contributed by atoms with Crippen LogP contribution < -0.4 is 0 Å². The van der Waals surface area contributed by atoms with Gasteiger partial charge in [-0.05, 0) is 44.2 Å². The van der Waals surface area contributed by atoms with Gasteiger partial charge in [-0.15, -0.1) is 0 Å². The monoisotopic (exact) mass is 284 g/mol. The van der Waals surface area contributed by atoms with Gasteiger partial charge < -0.3 is 5.11 Å². The Morgan fingerprint density at radius 3 is 2.62 bits per heavy atom. The molecular formula is C17H20N2O2. The lowest BCUT2D eigenvalue weighted by molar-refractivity contribution is 0.0695. The number of aromatic carboxylic acids is 1. The first-order valence-corrected chi connectivity index (χ1v) is 7.02. The Labute approximate surface area is 125 Å². The lowest BCUT2D eigenvalue weighted by Gasteiger charge is -2.24. The molecule has 4 heteroatoms. The molecule has 21 heavy (non-hydrogen) atoms. The molecule has 0 saturated heterocycles. The van der Waals surface area contributed by atoms with E-state index in [0.29, 0.717) is 12.0 Å². The zero-order chi connectivity index (χ0) is 15.2. The zero-order valence-electron chi connectivity index (χ0n) is 12.4. The highest BCUT2D eigenvalue weighted by molar-refractivity contribution is 5.89. The largest absolute Gasteiger partial charge is 0.478 e. The second kappa shape index (κ2) is 6.99. The van der Waals surface area contributed by atoms with E-state index >= 15 is 0 Å². The van der Waals surface area contributed by atoms with Crippen LogP contribution in [-0.4, -0.2) is 34.6 Å². The highest BCUT2D eigenvalue weighted by atomic mass is 16.4. The quantitative estimate of drug-likeness (QED) is 0.886. The Bertz CT molecular complexity index is 599. The van der Waals surface area contributed by atoms with Gasteiger partial charge in [0.1, 0.15) is 0 Å². The molecule has 1 unspecified atom stereocenters. The number of rotatable bonds is 6. The van der Waals surface area contributed by atoms with Crippen molar-refractivity contribution >= 4 is 5.97 Å². The molecule has 2 aromatic rings. The van der Waals surface area contributed by atoms with E-state index in [1.807, 2.05) is 37.4 Å². The molecule has 1 aromatic heterocycles. The molecule has 4 nitrogen and oxygen atoms in total. The van der Waals surface area contributed by atoms with E-state index in [0.717, 1.165) is 17.8 Å². The number of pyridine rings is 1. The normalized spacial score (nSPS) is 12.3. The van der Waals surface area contributed by atoms with E-state index in [1.165, 1.54) is 0 Å². The van der Waals surface area contributed by atoms with E-state index in [-0.39, 0.29) is 6.04 Å². The summed E-state index contributed by atoms with van der Waals surface area (Å²) in [4.78, 5) is 17.7. The van der Waals surface area contributed by atoms with Crippen molar-refractivity contribution < 1.29 is 9.90 Å². The fourth-order valence-corrected chi connectivity index (χ4v) is 2.29. The van der Waals surface area contributed by atoms with Crippen molar-refractivity contribution in [1.29, 1.82) is 0 Å². The lowest BCUT2D eigenvalue weighted by atomic mass is 10.0. The lowest BCUT2D eigenvalue weighted by Crippen LogP contribution is -2.25. The van der Waals surface area contributed by atoms with Gasteiger partial charge in [0.05, 0.1) is 11.3 Å². The minimum Gasteiger partial charge on any atom is -0.478 e. The molecule has 0 spiro atoms. The number of carboxylic acid groups (broad SMARTS) is 1. The van der Waals surface area contributed by atoms with Crippen molar-refractivity contribution in [2.24, 2.45) is 0 Å². The molecule has 0 saturated carbocycles. The molecule has 0 bridgehead atoms. The molecule has 0 aliphatic carbocycles. The maximum absolute atomic E-state index is 11.2. The van der Waals surface area contributed by atoms with Crippen molar-refractivity contribution in [2.45, 2.75) is 19.4 Å². The van der Waals surface area contributed by atoms with Crippen molar-refractivity contribution in [2.75, 3.05) is 13.6 Å². The molecule has 1 aromatic carbocycles. The van der Waals surface area contributed by atoms with Gasteiger partial charge in [0.15, 0.2) is 0 Å². The van der Waals surface area contributed by atoms with Crippen molar-refractivity contribution in [3.05, 3.63) is 65.5 Å². The average Bonchev–Trinajstić information content (AvgIpc) is 2.52. The van der Waals surface area contributed by atoms with E-state index in [4.69, 9.17) is 0 Å². The third-order valence-corrected chi connectivity index (χ3v) is 3.76. The Kier molecular flexibility index (Phi) is 5.06. The van der Waals surface area contributed by atoms with Gasteiger partial charge in [0, 0.05) is 18.8 Å². The summed E-state index contributed by atoms with van der Waals surface area (Å²) in [6.07, 6.45) is 2.50. The smallest absolute Gasteiger partial charge is 0.335 e. The summed E-state index contributed by atoms with van der Waals surface area (Å²) in [6, 6.07) is 13.3. The number of carboxylic acids is 1. The van der Waals surface area contributed by atoms with Crippen LogP contribution in [0.15, 0.2) is 48.7 Å². The standard InChI is InChI=1S/C17H20N2O2/c1-13(16-9-5-6-11-18-16)19(2)12-10-14-7-3-4-8-15(14)17(20)21/h3-9,11,13H,10,12H2,1-2H3,(H,20,21). The molecule has 1 atom stereocenters. The molecular weight excluding hydrogens is 264 g/mol. The van der Waals surface area contributed by atoms with Crippen LogP contribution >= 0.6 is 0 Å². The molecule has 0 amide bonds. The Morgan fingerprint density at radius 2 is 1.95 bits per heavy atom. The fraction of sp³-hybridized carbons (Fsp3) is 0.294. The van der Waals surface area contributed by atoms with Gasteiger partial charge in [0.25, 0.3) is 0 Å². The topological polar surface area (TPSA) is 53.4 Å². The first-order chi connectivity index (χ1) is 10.1. The third-order valence-electron chi connectivity index (χ3n) is 3.76. The first-order valence-electron chi connectivity index (χ1n) is 7.02. The summed E-state index contributed by atoms with van der Waals surface area (Å²) >= 11 is 0. The van der Waals surface area contributed by atoms with Gasteiger partial charge in [-0.25, -0.2) is 4.79 Å². The number of aromatic nitrogens is 1. The molecule has 0 fully saturated rings. The van der Waals surface area contributed by atoms with Gasteiger partial charge >= 0.3 is 5.97 Å². The second-order valence-electron chi connectivity index (χ2n) is 5.12. The Balaban J connectivity index is 2.01. The van der Waals surface area contributed by atoms with Crippen LogP contribution in [0.1, 0.15) is 34.6 Å². The summed E-state index contributed by atoms with van der Waals surface area (Å²) in [6.45, 7) is 2.88. The number of nitrogens with zero attached hydrogens (tertiary/aromatic N) is 2. The average molecular weight is 284 g/mol. The van der Waals surface area contributed by atoms with E-state index in [1.54, 1.807) is 18.3 Å². The van der Waals surface area contributed by atoms with Crippen LogP contribution in [0.25, 0.3) is 0 Å². The van der Waals surface area contributed by atoms with Gasteiger partial charge in [-0.3, -0.25) is 9.88 Å². The molecule has 0 radical (unpaired) electrons. The number of hydrogen-bond acceptors (Lipinski definition) is 3. The molecule has 0 aliphatic rings. The second-order valence-corrected chi connectivity index (χ2v) is 5.12. The summed E-state index contributed by atoms with van der Waals surface area (Å²) in [5, 5.41) is 9.19. The van der Waals surface area contributed by atoms with E-state index in [9.17, 15) is 9.90 Å². The molecule has 0 aliphatic heterocycles. The zero-order valence-corrected chi connectivity index (χ0v) is 12.4. The van der Waals surface area contributed by atoms with Gasteiger partial charge in [-0.2, -0.15) is 0 Å². The summed E-state index contributed by atoms with van der Waals surface area (Å²) in [5.41, 5.74) is 2.27. The molecule has 110 valence electrons. The fourth-order valence-electron chi connectivity index (χ4n) is 2.29. The summed E-state index contributed by atoms with van der Waals surface area (Å²) < 4.78 is 0. The summed E-state index contributed by atoms with van der Waals surface area (Å²) in [7, 11) is 2.03. The molecule has 2 rings (SSSR count). The molecule has 1 N–H and O–H groups in total. The number of likely N-dealkylation sites (N-methyl/N-ethyl adjacent to an activating group) is 1. The maximum Gasteiger partial charge on any atom is 0.335 e. The summed E-state index contributed by atoms with van der Waals surface area (Å²) in [5.74, 6) is -0.869. The van der Waals surface area contributed by atoms with Crippen LogP contribution in [0.5, 0.6) is 0 Å². The van der Waals surface area contributed by atoms with Gasteiger partial charge in [-0.1, -0.05) is 24.3 Å².